The molecule has 1 aromatic carbocycles. The van der Waals surface area contributed by atoms with E-state index in [-0.39, 0.29) is 5.75 Å². The molecule has 2 rings (SSSR count). The van der Waals surface area contributed by atoms with Crippen LogP contribution in [0.15, 0.2) is 30.0 Å². The molecule has 0 radical (unpaired) electrons. The van der Waals surface area contributed by atoms with Crippen molar-refractivity contribution in [2.75, 3.05) is 5.75 Å². The van der Waals surface area contributed by atoms with Gasteiger partial charge < -0.3 is 0 Å². The molecule has 0 saturated heterocycles. The highest BCUT2D eigenvalue weighted by Crippen LogP contribution is 2.35. The van der Waals surface area contributed by atoms with E-state index in [1.165, 1.54) is 4.31 Å². The molecule has 0 bridgehead atoms. The summed E-state index contributed by atoms with van der Waals surface area (Å²) >= 11 is 0. The third-order valence-corrected chi connectivity index (χ3v) is 5.14. The van der Waals surface area contributed by atoms with Crippen molar-refractivity contribution >= 4 is 16.1 Å². The number of rotatable bonds is 3. The Morgan fingerprint density at radius 1 is 1.37 bits per heavy atom. The largest absolute Gasteiger partial charge is 0.253 e. The zero-order valence-corrected chi connectivity index (χ0v) is 11.8. The van der Waals surface area contributed by atoms with E-state index in [0.29, 0.717) is 12.1 Å². The van der Waals surface area contributed by atoms with Gasteiger partial charge in [0.2, 0.25) is 10.0 Å². The minimum Gasteiger partial charge on any atom is -0.253 e. The minimum atomic E-state index is -3.44. The molecule has 1 aromatic rings. The van der Waals surface area contributed by atoms with Gasteiger partial charge in [-0.2, -0.15) is 5.26 Å². The number of sulfonamides is 1. The first kappa shape index (κ1) is 13.6. The molecule has 0 aliphatic carbocycles. The van der Waals surface area contributed by atoms with Gasteiger partial charge in [-0.1, -0.05) is 31.2 Å². The molecule has 4 nitrogen and oxygen atoms in total. The van der Waals surface area contributed by atoms with Crippen molar-refractivity contribution in [2.45, 2.75) is 26.3 Å². The molecule has 1 atom stereocenters. The van der Waals surface area contributed by atoms with Crippen LogP contribution in [0.2, 0.25) is 0 Å². The summed E-state index contributed by atoms with van der Waals surface area (Å²) in [6.45, 7) is 3.55. The van der Waals surface area contributed by atoms with E-state index in [1.807, 2.05) is 31.2 Å². The van der Waals surface area contributed by atoms with Gasteiger partial charge in [0.15, 0.2) is 6.04 Å². The molecular formula is C14H16N2O2S. The van der Waals surface area contributed by atoms with Crippen molar-refractivity contribution in [3.8, 4) is 6.07 Å². The van der Waals surface area contributed by atoms with E-state index < -0.39 is 16.1 Å². The van der Waals surface area contributed by atoms with Crippen molar-refractivity contribution < 1.29 is 8.42 Å². The van der Waals surface area contributed by atoms with Crippen LogP contribution in [0.1, 0.15) is 37.4 Å². The Hall–Kier alpha value is -1.80. The fourth-order valence-electron chi connectivity index (χ4n) is 2.37. The molecule has 1 aliphatic heterocycles. The fourth-order valence-corrected chi connectivity index (χ4v) is 4.05. The maximum absolute atomic E-state index is 12.3. The zero-order chi connectivity index (χ0) is 14.0. The van der Waals surface area contributed by atoms with Crippen molar-refractivity contribution in [3.63, 3.8) is 0 Å². The normalized spacial score (nSPS) is 18.5. The standard InChI is InChI=1S/C14H16N2O2S/c1-3-8-19(17,18)16-11(2)9-12-6-4-5-7-13(12)14(16)10-15/h4-7,9,14H,3,8H2,1-2H3. The summed E-state index contributed by atoms with van der Waals surface area (Å²) in [6, 6.07) is 8.75. The van der Waals surface area contributed by atoms with Gasteiger partial charge in [-0.05, 0) is 30.5 Å². The van der Waals surface area contributed by atoms with Gasteiger partial charge >= 0.3 is 0 Å². The lowest BCUT2D eigenvalue weighted by atomic mass is 9.97. The molecule has 0 fully saturated rings. The third-order valence-electron chi connectivity index (χ3n) is 3.12. The van der Waals surface area contributed by atoms with E-state index in [1.54, 1.807) is 13.0 Å². The molecule has 1 aliphatic rings. The second kappa shape index (κ2) is 5.06. The van der Waals surface area contributed by atoms with Crippen LogP contribution < -0.4 is 0 Å². The van der Waals surface area contributed by atoms with Crippen molar-refractivity contribution in [3.05, 3.63) is 41.1 Å². The maximum atomic E-state index is 12.3. The lowest BCUT2D eigenvalue weighted by molar-refractivity contribution is 0.436. The van der Waals surface area contributed by atoms with Gasteiger partial charge in [0, 0.05) is 5.70 Å². The van der Waals surface area contributed by atoms with Crippen molar-refractivity contribution in [2.24, 2.45) is 0 Å². The molecule has 100 valence electrons. The van der Waals surface area contributed by atoms with Gasteiger partial charge in [-0.25, -0.2) is 8.42 Å². The average Bonchev–Trinajstić information content (AvgIpc) is 2.36. The highest BCUT2D eigenvalue weighted by Gasteiger charge is 2.34. The molecule has 0 amide bonds. The predicted octanol–water partition coefficient (Wildman–Crippen LogP) is 2.67. The SMILES string of the molecule is CCCS(=O)(=O)N1C(C)=Cc2ccccc2C1C#N. The zero-order valence-electron chi connectivity index (χ0n) is 11.0. The van der Waals surface area contributed by atoms with Gasteiger partial charge in [0.1, 0.15) is 0 Å². The number of allylic oxidation sites excluding steroid dienone is 1. The third kappa shape index (κ3) is 2.36. The van der Waals surface area contributed by atoms with Crippen LogP contribution in [-0.2, 0) is 10.0 Å². The van der Waals surface area contributed by atoms with E-state index >= 15 is 0 Å². The van der Waals surface area contributed by atoms with E-state index in [9.17, 15) is 13.7 Å². The summed E-state index contributed by atoms with van der Waals surface area (Å²) < 4.78 is 25.9. The Labute approximate surface area is 114 Å². The topological polar surface area (TPSA) is 61.2 Å². The summed E-state index contributed by atoms with van der Waals surface area (Å²) in [5.74, 6) is 0.0541. The second-order valence-corrected chi connectivity index (χ2v) is 6.52. The van der Waals surface area contributed by atoms with Crippen LogP contribution in [0.25, 0.3) is 6.08 Å². The first-order valence-corrected chi connectivity index (χ1v) is 7.81. The molecule has 1 heterocycles. The van der Waals surface area contributed by atoms with Crippen LogP contribution in [0.3, 0.4) is 0 Å². The Morgan fingerprint density at radius 2 is 2.05 bits per heavy atom. The second-order valence-electron chi connectivity index (χ2n) is 4.56. The molecular weight excluding hydrogens is 260 g/mol. The Bertz CT molecular complexity index is 656. The summed E-state index contributed by atoms with van der Waals surface area (Å²) in [4.78, 5) is 0. The van der Waals surface area contributed by atoms with Crippen LogP contribution in [0.4, 0.5) is 0 Å². The molecule has 0 spiro atoms. The maximum Gasteiger partial charge on any atom is 0.236 e. The number of hydrogen-bond donors (Lipinski definition) is 0. The summed E-state index contributed by atoms with van der Waals surface area (Å²) in [7, 11) is -3.44. The Balaban J connectivity index is 2.57. The van der Waals surface area contributed by atoms with Gasteiger partial charge in [-0.15, -0.1) is 0 Å². The van der Waals surface area contributed by atoms with Crippen LogP contribution in [0, 0.1) is 11.3 Å². The van der Waals surface area contributed by atoms with E-state index in [0.717, 1.165) is 11.1 Å². The van der Waals surface area contributed by atoms with Crippen LogP contribution in [-0.4, -0.2) is 18.5 Å². The highest BCUT2D eigenvalue weighted by atomic mass is 32.2. The number of nitriles is 1. The van der Waals surface area contributed by atoms with Crippen LogP contribution >= 0.6 is 0 Å². The Kier molecular flexibility index (Phi) is 3.63. The highest BCUT2D eigenvalue weighted by molar-refractivity contribution is 7.89. The molecule has 0 aromatic heterocycles. The molecule has 19 heavy (non-hydrogen) atoms. The lowest BCUT2D eigenvalue weighted by Gasteiger charge is -2.33. The summed E-state index contributed by atoms with van der Waals surface area (Å²) in [6.07, 6.45) is 2.35. The van der Waals surface area contributed by atoms with E-state index in [4.69, 9.17) is 0 Å². The molecule has 1 unspecified atom stereocenters. The summed E-state index contributed by atoms with van der Waals surface area (Å²) in [5.41, 5.74) is 2.25. The van der Waals surface area contributed by atoms with Crippen LogP contribution in [0.5, 0.6) is 0 Å². The molecule has 5 heteroatoms. The minimum absolute atomic E-state index is 0.0541. The quantitative estimate of drug-likeness (QED) is 0.852. The number of nitrogens with zero attached hydrogens (tertiary/aromatic N) is 2. The Morgan fingerprint density at radius 3 is 2.68 bits per heavy atom. The van der Waals surface area contributed by atoms with Gasteiger partial charge in [0.05, 0.1) is 11.8 Å². The predicted molar refractivity (Wildman–Crippen MR) is 74.4 cm³/mol. The number of benzene rings is 1. The van der Waals surface area contributed by atoms with Crippen molar-refractivity contribution in [1.29, 1.82) is 5.26 Å². The molecule has 0 saturated carbocycles. The van der Waals surface area contributed by atoms with Gasteiger partial charge in [-0.3, -0.25) is 4.31 Å². The average molecular weight is 276 g/mol. The van der Waals surface area contributed by atoms with Gasteiger partial charge in [0.25, 0.3) is 0 Å². The summed E-state index contributed by atoms with van der Waals surface area (Å²) in [5, 5.41) is 9.37. The first-order chi connectivity index (χ1) is 9.01. The monoisotopic (exact) mass is 276 g/mol. The lowest BCUT2D eigenvalue weighted by Crippen LogP contribution is -2.36. The molecule has 0 N–H and O–H groups in total. The number of hydrogen-bond acceptors (Lipinski definition) is 3. The van der Waals surface area contributed by atoms with Crippen molar-refractivity contribution in [1.82, 2.24) is 4.31 Å². The first-order valence-electron chi connectivity index (χ1n) is 6.20. The smallest absolute Gasteiger partial charge is 0.236 e. The fraction of sp³-hybridized carbons (Fsp3) is 0.357. The number of fused-ring (bicyclic) bond motifs is 1. The van der Waals surface area contributed by atoms with E-state index in [2.05, 4.69) is 6.07 Å².